The second kappa shape index (κ2) is 8.23. The lowest BCUT2D eigenvalue weighted by Gasteiger charge is -2.26. The van der Waals surface area contributed by atoms with E-state index in [9.17, 15) is 13.2 Å². The molecule has 0 aromatic heterocycles. The summed E-state index contributed by atoms with van der Waals surface area (Å²) in [4.78, 5) is 12.8. The summed E-state index contributed by atoms with van der Waals surface area (Å²) in [5, 5.41) is 2.94. The van der Waals surface area contributed by atoms with Gasteiger partial charge in [0.05, 0.1) is 10.9 Å². The fourth-order valence-electron chi connectivity index (χ4n) is 3.27. The molecule has 6 heteroatoms. The number of sulfonamides is 1. The van der Waals surface area contributed by atoms with Crippen molar-refractivity contribution in [2.45, 2.75) is 44.0 Å². The van der Waals surface area contributed by atoms with Crippen molar-refractivity contribution in [3.8, 4) is 0 Å². The minimum atomic E-state index is -3.55. The zero-order valence-electron chi connectivity index (χ0n) is 15.8. The summed E-state index contributed by atoms with van der Waals surface area (Å²) >= 11 is 0. The predicted molar refractivity (Wildman–Crippen MR) is 106 cm³/mol. The summed E-state index contributed by atoms with van der Waals surface area (Å²) < 4.78 is 27.2. The molecular weight excluding hydrogens is 360 g/mol. The third kappa shape index (κ3) is 4.57. The lowest BCUT2D eigenvalue weighted by Crippen LogP contribution is -2.35. The molecule has 144 valence electrons. The van der Waals surface area contributed by atoms with Crippen LogP contribution in [0.4, 0.5) is 0 Å². The number of piperidine rings is 1. The molecule has 27 heavy (non-hydrogen) atoms. The topological polar surface area (TPSA) is 66.5 Å². The fraction of sp³-hybridized carbons (Fsp3) is 0.381. The number of nitrogens with one attached hydrogen (secondary N) is 1. The number of aryl methyl sites for hydroxylation is 1. The maximum atomic E-state index is 12.8. The van der Waals surface area contributed by atoms with Gasteiger partial charge in [-0.05, 0) is 50.5 Å². The first-order valence-electron chi connectivity index (χ1n) is 9.35. The van der Waals surface area contributed by atoms with Crippen LogP contribution in [0.3, 0.4) is 0 Å². The first-order chi connectivity index (χ1) is 12.9. The van der Waals surface area contributed by atoms with Crippen molar-refractivity contribution in [3.05, 3.63) is 65.2 Å². The molecule has 1 atom stereocenters. The first-order valence-corrected chi connectivity index (χ1v) is 10.8. The van der Waals surface area contributed by atoms with E-state index in [1.807, 2.05) is 38.1 Å². The molecular formula is C21H26N2O3S. The maximum Gasteiger partial charge on any atom is 0.251 e. The van der Waals surface area contributed by atoms with Gasteiger partial charge in [-0.25, -0.2) is 8.42 Å². The summed E-state index contributed by atoms with van der Waals surface area (Å²) in [5.41, 5.74) is 2.52. The van der Waals surface area contributed by atoms with Crippen molar-refractivity contribution in [1.29, 1.82) is 0 Å². The molecule has 0 bridgehead atoms. The molecule has 0 spiro atoms. The normalized spacial score (nSPS) is 16.7. The van der Waals surface area contributed by atoms with E-state index >= 15 is 0 Å². The van der Waals surface area contributed by atoms with E-state index in [1.54, 1.807) is 18.2 Å². The number of carbonyl (C=O) groups excluding carboxylic acids is 1. The summed E-state index contributed by atoms with van der Waals surface area (Å²) in [6.07, 6.45) is 2.83. The average Bonchev–Trinajstić information content (AvgIpc) is 2.69. The van der Waals surface area contributed by atoms with Crippen LogP contribution < -0.4 is 5.32 Å². The number of hydrogen-bond donors (Lipinski definition) is 1. The van der Waals surface area contributed by atoms with E-state index < -0.39 is 10.0 Å². The van der Waals surface area contributed by atoms with Crippen molar-refractivity contribution in [2.75, 3.05) is 13.1 Å². The smallest absolute Gasteiger partial charge is 0.251 e. The molecule has 2 aromatic rings. The molecule has 5 nitrogen and oxygen atoms in total. The third-order valence-corrected chi connectivity index (χ3v) is 6.87. The lowest BCUT2D eigenvalue weighted by atomic mass is 10.1. The van der Waals surface area contributed by atoms with Crippen molar-refractivity contribution in [3.63, 3.8) is 0 Å². The Morgan fingerprint density at radius 2 is 1.70 bits per heavy atom. The van der Waals surface area contributed by atoms with Gasteiger partial charge in [0.2, 0.25) is 10.0 Å². The van der Waals surface area contributed by atoms with E-state index in [0.717, 1.165) is 30.4 Å². The van der Waals surface area contributed by atoms with Gasteiger partial charge in [0.25, 0.3) is 5.91 Å². The third-order valence-electron chi connectivity index (χ3n) is 4.97. The standard InChI is InChI=1S/C21H26N2O3S/c1-16-9-11-18(12-10-16)17(2)22-21(24)19-7-6-8-20(15-19)27(25,26)23-13-4-3-5-14-23/h6-12,15,17H,3-5,13-14H2,1-2H3,(H,22,24)/t17-/m0/s1. The molecule has 0 saturated carbocycles. The number of carbonyl (C=O) groups is 1. The monoisotopic (exact) mass is 386 g/mol. The van der Waals surface area contributed by atoms with Crippen molar-refractivity contribution in [1.82, 2.24) is 9.62 Å². The quantitative estimate of drug-likeness (QED) is 0.853. The number of hydrogen-bond acceptors (Lipinski definition) is 3. The SMILES string of the molecule is Cc1ccc([C@H](C)NC(=O)c2cccc(S(=O)(=O)N3CCCCC3)c2)cc1. The van der Waals surface area contributed by atoms with Gasteiger partial charge in [-0.15, -0.1) is 0 Å². The van der Waals surface area contributed by atoms with Gasteiger partial charge in [0.1, 0.15) is 0 Å². The van der Waals surface area contributed by atoms with Crippen LogP contribution in [0.15, 0.2) is 53.4 Å². The Morgan fingerprint density at radius 1 is 1.04 bits per heavy atom. The Kier molecular flexibility index (Phi) is 5.97. The molecule has 1 saturated heterocycles. The Labute approximate surface area is 161 Å². The van der Waals surface area contributed by atoms with Gasteiger partial charge in [-0.3, -0.25) is 4.79 Å². The maximum absolute atomic E-state index is 12.8. The molecule has 1 heterocycles. The second-order valence-electron chi connectivity index (χ2n) is 7.10. The van der Waals surface area contributed by atoms with Gasteiger partial charge >= 0.3 is 0 Å². The lowest BCUT2D eigenvalue weighted by molar-refractivity contribution is 0.0939. The van der Waals surface area contributed by atoms with Gasteiger partial charge in [-0.1, -0.05) is 42.3 Å². The molecule has 1 N–H and O–H groups in total. The molecule has 1 amide bonds. The molecule has 0 radical (unpaired) electrons. The number of nitrogens with zero attached hydrogens (tertiary/aromatic N) is 1. The molecule has 1 aliphatic rings. The van der Waals surface area contributed by atoms with Crippen LogP contribution in [0.25, 0.3) is 0 Å². The Balaban J connectivity index is 1.76. The van der Waals surface area contributed by atoms with E-state index in [2.05, 4.69) is 5.32 Å². The summed E-state index contributed by atoms with van der Waals surface area (Å²) in [7, 11) is -3.55. The molecule has 1 aliphatic heterocycles. The molecule has 1 fully saturated rings. The highest BCUT2D eigenvalue weighted by molar-refractivity contribution is 7.89. The Morgan fingerprint density at radius 3 is 2.37 bits per heavy atom. The van der Waals surface area contributed by atoms with Gasteiger partial charge < -0.3 is 5.32 Å². The van der Waals surface area contributed by atoms with E-state index in [4.69, 9.17) is 0 Å². The van der Waals surface area contributed by atoms with Crippen LogP contribution in [0.5, 0.6) is 0 Å². The van der Waals surface area contributed by atoms with E-state index in [-0.39, 0.29) is 16.8 Å². The van der Waals surface area contributed by atoms with E-state index in [0.29, 0.717) is 18.7 Å². The van der Waals surface area contributed by atoms with Crippen LogP contribution in [-0.4, -0.2) is 31.7 Å². The van der Waals surface area contributed by atoms with Gasteiger partial charge in [-0.2, -0.15) is 4.31 Å². The highest BCUT2D eigenvalue weighted by atomic mass is 32.2. The van der Waals surface area contributed by atoms with Crippen molar-refractivity contribution in [2.24, 2.45) is 0 Å². The summed E-state index contributed by atoms with van der Waals surface area (Å²) in [6, 6.07) is 14.1. The van der Waals surface area contributed by atoms with Crippen LogP contribution in [0, 0.1) is 6.92 Å². The zero-order valence-corrected chi connectivity index (χ0v) is 16.6. The Hall–Kier alpha value is -2.18. The minimum absolute atomic E-state index is 0.166. The summed E-state index contributed by atoms with van der Waals surface area (Å²) in [5.74, 6) is -0.279. The number of amides is 1. The largest absolute Gasteiger partial charge is 0.346 e. The van der Waals surface area contributed by atoms with Crippen molar-refractivity contribution >= 4 is 15.9 Å². The highest BCUT2D eigenvalue weighted by Gasteiger charge is 2.26. The van der Waals surface area contributed by atoms with Crippen LogP contribution in [-0.2, 0) is 10.0 Å². The number of rotatable bonds is 5. The van der Waals surface area contributed by atoms with E-state index in [1.165, 1.54) is 10.4 Å². The second-order valence-corrected chi connectivity index (χ2v) is 9.04. The summed E-state index contributed by atoms with van der Waals surface area (Å²) in [6.45, 7) is 5.02. The fourth-order valence-corrected chi connectivity index (χ4v) is 4.83. The Bertz CT molecular complexity index is 901. The predicted octanol–water partition coefficient (Wildman–Crippen LogP) is 3.66. The molecule has 3 rings (SSSR count). The van der Waals surface area contributed by atoms with Crippen LogP contribution >= 0.6 is 0 Å². The minimum Gasteiger partial charge on any atom is -0.346 e. The van der Waals surface area contributed by atoms with Gasteiger partial charge in [0.15, 0.2) is 0 Å². The average molecular weight is 387 g/mol. The molecule has 0 aliphatic carbocycles. The van der Waals surface area contributed by atoms with Gasteiger partial charge in [0, 0.05) is 18.7 Å². The molecule has 2 aromatic carbocycles. The highest BCUT2D eigenvalue weighted by Crippen LogP contribution is 2.22. The zero-order chi connectivity index (χ0) is 19.4. The van der Waals surface area contributed by atoms with Crippen LogP contribution in [0.1, 0.15) is 53.7 Å². The molecule has 0 unspecified atom stereocenters. The van der Waals surface area contributed by atoms with Crippen LogP contribution in [0.2, 0.25) is 0 Å². The number of benzene rings is 2. The first kappa shape index (κ1) is 19.6. The van der Waals surface area contributed by atoms with Crippen molar-refractivity contribution < 1.29 is 13.2 Å².